The summed E-state index contributed by atoms with van der Waals surface area (Å²) in [6.07, 6.45) is 4.89. The molecule has 1 heterocycles. The minimum atomic E-state index is 0.204. The molecule has 1 aromatic rings. The molecule has 17 heavy (non-hydrogen) atoms. The number of nitrogens with zero attached hydrogens (tertiary/aromatic N) is 4. The summed E-state index contributed by atoms with van der Waals surface area (Å²) in [4.78, 5) is 7.96. The third kappa shape index (κ3) is 4.15. The van der Waals surface area contributed by atoms with Crippen LogP contribution in [0.5, 0.6) is 0 Å². The van der Waals surface area contributed by atoms with Crippen LogP contribution in [0.2, 0.25) is 0 Å². The first-order valence-corrected chi connectivity index (χ1v) is 5.30. The molecule has 0 fully saturated rings. The van der Waals surface area contributed by atoms with E-state index in [1.165, 1.54) is 5.01 Å². The van der Waals surface area contributed by atoms with Crippen LogP contribution >= 0.6 is 12.2 Å². The van der Waals surface area contributed by atoms with Crippen LogP contribution < -0.4 is 11.1 Å². The second-order valence-corrected chi connectivity index (χ2v) is 3.44. The van der Waals surface area contributed by atoms with E-state index in [0.29, 0.717) is 17.5 Å². The van der Waals surface area contributed by atoms with Crippen LogP contribution in [0.15, 0.2) is 36.2 Å². The zero-order valence-corrected chi connectivity index (χ0v) is 10.3. The average molecular weight is 250 g/mol. The van der Waals surface area contributed by atoms with Crippen molar-refractivity contribution >= 4 is 23.2 Å². The van der Waals surface area contributed by atoms with Crippen LogP contribution in [0.3, 0.4) is 0 Å². The normalized spacial score (nSPS) is 10.8. The summed E-state index contributed by atoms with van der Waals surface area (Å²) in [5, 5.41) is 8.89. The molecule has 90 valence electrons. The maximum absolute atomic E-state index is 5.74. The number of nitrogens with one attached hydrogen (secondary N) is 1. The molecule has 0 saturated heterocycles. The quantitative estimate of drug-likeness (QED) is 0.259. The summed E-state index contributed by atoms with van der Waals surface area (Å²) < 4.78 is 0. The molecule has 0 amide bonds. The summed E-state index contributed by atoms with van der Waals surface area (Å²) in [6.45, 7) is 4.15. The predicted octanol–water partition coefficient (Wildman–Crippen LogP) is 0.0892. The summed E-state index contributed by atoms with van der Waals surface area (Å²) in [7, 11) is 1.69. The number of hydrogen-bond acceptors (Lipinski definition) is 4. The van der Waals surface area contributed by atoms with Gasteiger partial charge in [-0.3, -0.25) is 0 Å². The third-order valence-electron chi connectivity index (χ3n) is 1.74. The summed E-state index contributed by atoms with van der Waals surface area (Å²) in [5.74, 6) is 0.571. The van der Waals surface area contributed by atoms with E-state index in [0.717, 1.165) is 0 Å². The van der Waals surface area contributed by atoms with Gasteiger partial charge < -0.3 is 11.1 Å². The number of rotatable bonds is 4. The van der Waals surface area contributed by atoms with Crippen molar-refractivity contribution in [1.29, 1.82) is 0 Å². The van der Waals surface area contributed by atoms with Crippen LogP contribution in [-0.2, 0) is 0 Å². The number of nitrogens with two attached hydrogens (primary N) is 1. The van der Waals surface area contributed by atoms with Crippen molar-refractivity contribution in [2.24, 2.45) is 10.8 Å². The molecule has 0 spiro atoms. The lowest BCUT2D eigenvalue weighted by molar-refractivity contribution is 0.532. The number of amidine groups is 1. The first-order valence-electron chi connectivity index (χ1n) is 4.89. The van der Waals surface area contributed by atoms with Crippen LogP contribution in [0.4, 0.5) is 0 Å². The van der Waals surface area contributed by atoms with E-state index < -0.39 is 0 Å². The molecule has 0 atom stereocenters. The molecule has 1 rings (SSSR count). The summed E-state index contributed by atoms with van der Waals surface area (Å²) in [5.41, 5.74) is 5.74. The Bertz CT molecular complexity index is 416. The van der Waals surface area contributed by atoms with E-state index in [4.69, 9.17) is 18.0 Å². The fraction of sp³-hybridized carbons (Fsp3) is 0.200. The van der Waals surface area contributed by atoms with E-state index >= 15 is 0 Å². The number of thiocarbonyl (C=S) groups is 1. The highest BCUT2D eigenvalue weighted by Crippen LogP contribution is 1.91. The van der Waals surface area contributed by atoms with Crippen molar-refractivity contribution in [3.05, 3.63) is 36.9 Å². The van der Waals surface area contributed by atoms with Crippen molar-refractivity contribution in [2.45, 2.75) is 0 Å². The zero-order chi connectivity index (χ0) is 12.7. The van der Waals surface area contributed by atoms with Gasteiger partial charge in [0.1, 0.15) is 0 Å². The number of hydrazone groups is 1. The highest BCUT2D eigenvalue weighted by atomic mass is 32.1. The molecular weight excluding hydrogens is 236 g/mol. The highest BCUT2D eigenvalue weighted by Gasteiger charge is 2.05. The Morgan fingerprint density at radius 2 is 2.29 bits per heavy atom. The lowest BCUT2D eigenvalue weighted by Crippen LogP contribution is -2.35. The monoisotopic (exact) mass is 250 g/mol. The first kappa shape index (κ1) is 13.0. The molecule has 0 aliphatic rings. The lowest BCUT2D eigenvalue weighted by atomic mass is 10.5. The molecule has 0 saturated carbocycles. The SMILES string of the molecule is C=CCNC(=S)N(C)/N=C(\N)c1ncccn1. The third-order valence-corrected chi connectivity index (χ3v) is 2.15. The largest absolute Gasteiger partial charge is 0.379 e. The number of aromatic nitrogens is 2. The van der Waals surface area contributed by atoms with E-state index in [1.807, 2.05) is 0 Å². The fourth-order valence-electron chi connectivity index (χ4n) is 0.957. The van der Waals surface area contributed by atoms with E-state index in [9.17, 15) is 0 Å². The molecule has 7 heteroatoms. The Labute approximate surface area is 105 Å². The number of hydrogen-bond donors (Lipinski definition) is 2. The van der Waals surface area contributed by atoms with Gasteiger partial charge >= 0.3 is 0 Å². The van der Waals surface area contributed by atoms with Crippen LogP contribution in [0, 0.1) is 0 Å². The molecular formula is C10H14N6S. The van der Waals surface area contributed by atoms with Crippen LogP contribution in [0.1, 0.15) is 5.82 Å². The van der Waals surface area contributed by atoms with E-state index in [-0.39, 0.29) is 5.84 Å². The van der Waals surface area contributed by atoms with Gasteiger partial charge in [0.05, 0.1) is 0 Å². The van der Waals surface area contributed by atoms with Gasteiger partial charge in [-0.1, -0.05) is 6.08 Å². The Balaban J connectivity index is 2.68. The molecule has 1 aromatic heterocycles. The van der Waals surface area contributed by atoms with Crippen molar-refractivity contribution in [2.75, 3.05) is 13.6 Å². The maximum Gasteiger partial charge on any atom is 0.196 e. The van der Waals surface area contributed by atoms with Crippen molar-refractivity contribution in [1.82, 2.24) is 20.3 Å². The molecule has 0 bridgehead atoms. The predicted molar refractivity (Wildman–Crippen MR) is 71.3 cm³/mol. The molecule has 0 aliphatic heterocycles. The van der Waals surface area contributed by atoms with Gasteiger partial charge in [-0.25, -0.2) is 15.0 Å². The summed E-state index contributed by atoms with van der Waals surface area (Å²) in [6, 6.07) is 1.71. The van der Waals surface area contributed by atoms with Gasteiger partial charge in [-0.2, -0.15) is 0 Å². The minimum Gasteiger partial charge on any atom is -0.379 e. The Hall–Kier alpha value is -2.02. The fourth-order valence-corrected chi connectivity index (χ4v) is 1.08. The second kappa shape index (κ2) is 6.54. The van der Waals surface area contributed by atoms with Gasteiger partial charge in [0.2, 0.25) is 0 Å². The maximum atomic E-state index is 5.74. The van der Waals surface area contributed by atoms with Crippen molar-refractivity contribution < 1.29 is 0 Å². The van der Waals surface area contributed by atoms with Gasteiger partial charge in [0, 0.05) is 26.0 Å². The van der Waals surface area contributed by atoms with Crippen molar-refractivity contribution in [3.8, 4) is 0 Å². The summed E-state index contributed by atoms with van der Waals surface area (Å²) >= 11 is 5.07. The molecule has 0 aromatic carbocycles. The Morgan fingerprint density at radius 3 is 2.88 bits per heavy atom. The highest BCUT2D eigenvalue weighted by molar-refractivity contribution is 7.80. The van der Waals surface area contributed by atoms with Gasteiger partial charge in [0.25, 0.3) is 0 Å². The lowest BCUT2D eigenvalue weighted by Gasteiger charge is -2.15. The zero-order valence-electron chi connectivity index (χ0n) is 9.50. The topological polar surface area (TPSA) is 79.4 Å². The van der Waals surface area contributed by atoms with Crippen LogP contribution in [0.25, 0.3) is 0 Å². The first-order chi connectivity index (χ1) is 8.15. The molecule has 0 radical (unpaired) electrons. The van der Waals surface area contributed by atoms with Crippen LogP contribution in [-0.4, -0.2) is 39.5 Å². The Morgan fingerprint density at radius 1 is 1.65 bits per heavy atom. The van der Waals surface area contributed by atoms with Gasteiger partial charge in [0.15, 0.2) is 16.8 Å². The molecule has 0 aliphatic carbocycles. The minimum absolute atomic E-state index is 0.204. The molecule has 0 unspecified atom stereocenters. The molecule has 6 nitrogen and oxygen atoms in total. The van der Waals surface area contributed by atoms with Gasteiger partial charge in [-0.05, 0) is 18.3 Å². The van der Waals surface area contributed by atoms with Crippen molar-refractivity contribution in [3.63, 3.8) is 0 Å². The molecule has 3 N–H and O–H groups in total. The average Bonchev–Trinajstić information content (AvgIpc) is 2.36. The second-order valence-electron chi connectivity index (χ2n) is 3.06. The standard InChI is InChI=1S/C10H14N6S/c1-3-5-14-10(17)16(2)15-8(11)9-12-6-4-7-13-9/h3-4,6-7H,1,5H2,2H3,(H2,11,15)(H,14,17). The Kier molecular flexibility index (Phi) is 5.02. The van der Waals surface area contributed by atoms with Gasteiger partial charge in [-0.15, -0.1) is 11.7 Å². The van der Waals surface area contributed by atoms with E-state index in [2.05, 4.69) is 27.0 Å². The van der Waals surface area contributed by atoms with E-state index in [1.54, 1.807) is 31.6 Å². The smallest absolute Gasteiger partial charge is 0.196 e.